The first-order valence-electron chi connectivity index (χ1n) is 11.0. The molecule has 0 saturated carbocycles. The minimum Gasteiger partial charge on any atom is -0.497 e. The van der Waals surface area contributed by atoms with Gasteiger partial charge in [-0.15, -0.1) is 0 Å². The Hall–Kier alpha value is -3.46. The van der Waals surface area contributed by atoms with Crippen LogP contribution in [0.15, 0.2) is 74.4 Å². The topological polar surface area (TPSA) is 93.4 Å². The maximum absolute atomic E-state index is 13.2. The number of allylic oxidation sites excluding steroid dienone is 1. The molecule has 1 aromatic heterocycles. The van der Waals surface area contributed by atoms with Crippen molar-refractivity contribution in [2.24, 2.45) is 4.99 Å². The number of rotatable bonds is 8. The molecular formula is C25H27N3O5S. The first-order valence-corrected chi connectivity index (χ1v) is 11.8. The molecule has 1 unspecified atom stereocenters. The molecule has 0 fully saturated rings. The second kappa shape index (κ2) is 10.2. The summed E-state index contributed by atoms with van der Waals surface area (Å²) in [5, 5.41) is 5.50. The number of amidine groups is 1. The summed E-state index contributed by atoms with van der Waals surface area (Å²) in [7, 11) is 1.61. The normalized spacial score (nSPS) is 17.3. The molecule has 2 aliphatic heterocycles. The van der Waals surface area contributed by atoms with E-state index < -0.39 is 12.0 Å². The zero-order valence-electron chi connectivity index (χ0n) is 19.5. The third-order valence-electron chi connectivity index (χ3n) is 5.38. The average molecular weight is 482 g/mol. The Labute approximate surface area is 202 Å². The summed E-state index contributed by atoms with van der Waals surface area (Å²) in [5.41, 5.74) is 2.67. The molecular weight excluding hydrogens is 454 g/mol. The lowest BCUT2D eigenvalue weighted by Gasteiger charge is -2.36. The van der Waals surface area contributed by atoms with Gasteiger partial charge in [0.1, 0.15) is 11.5 Å². The van der Waals surface area contributed by atoms with E-state index in [1.807, 2.05) is 55.3 Å². The molecule has 178 valence electrons. The van der Waals surface area contributed by atoms with Crippen LogP contribution < -0.4 is 10.1 Å². The molecule has 4 rings (SSSR count). The van der Waals surface area contributed by atoms with E-state index in [1.54, 1.807) is 25.5 Å². The fourth-order valence-corrected chi connectivity index (χ4v) is 4.80. The second-order valence-electron chi connectivity index (χ2n) is 8.15. The molecule has 0 radical (unpaired) electrons. The first-order chi connectivity index (χ1) is 16.4. The maximum Gasteiger partial charge on any atom is 0.338 e. The van der Waals surface area contributed by atoms with Gasteiger partial charge in [0.15, 0.2) is 5.17 Å². The molecule has 2 aromatic rings. The molecule has 0 aliphatic carbocycles. The van der Waals surface area contributed by atoms with E-state index >= 15 is 0 Å². The van der Waals surface area contributed by atoms with Gasteiger partial charge in [-0.05, 0) is 56.0 Å². The van der Waals surface area contributed by atoms with Gasteiger partial charge in [0.2, 0.25) is 5.91 Å². The number of amides is 1. The predicted octanol–water partition coefficient (Wildman–Crippen LogP) is 4.52. The molecule has 1 aromatic carbocycles. The molecule has 9 heteroatoms. The van der Waals surface area contributed by atoms with Crippen LogP contribution in [0.3, 0.4) is 0 Å². The van der Waals surface area contributed by atoms with Crippen molar-refractivity contribution in [1.29, 1.82) is 0 Å². The lowest BCUT2D eigenvalue weighted by atomic mass is 9.93. The Balaban J connectivity index is 1.63. The van der Waals surface area contributed by atoms with Gasteiger partial charge in [-0.1, -0.05) is 23.9 Å². The minimum absolute atomic E-state index is 0.130. The van der Waals surface area contributed by atoms with E-state index in [2.05, 4.69) is 10.3 Å². The van der Waals surface area contributed by atoms with E-state index in [0.29, 0.717) is 34.5 Å². The number of benzene rings is 1. The van der Waals surface area contributed by atoms with Gasteiger partial charge >= 0.3 is 5.97 Å². The highest BCUT2D eigenvalue weighted by molar-refractivity contribution is 8.16. The predicted molar refractivity (Wildman–Crippen MR) is 130 cm³/mol. The second-order valence-corrected chi connectivity index (χ2v) is 8.99. The van der Waals surface area contributed by atoms with Crippen molar-refractivity contribution in [2.75, 3.05) is 7.11 Å². The quantitative estimate of drug-likeness (QED) is 0.554. The van der Waals surface area contributed by atoms with Gasteiger partial charge in [0, 0.05) is 5.70 Å². The Morgan fingerprint density at radius 1 is 1.24 bits per heavy atom. The number of fused-ring (bicyclic) bond motifs is 1. The molecule has 1 N–H and O–H groups in total. The summed E-state index contributed by atoms with van der Waals surface area (Å²) >= 11 is 1.43. The van der Waals surface area contributed by atoms with Crippen LogP contribution in [-0.4, -0.2) is 35.2 Å². The van der Waals surface area contributed by atoms with Gasteiger partial charge in [-0.25, -0.2) is 9.79 Å². The smallest absolute Gasteiger partial charge is 0.338 e. The zero-order valence-corrected chi connectivity index (χ0v) is 20.3. The number of thioether (sulfide) groups is 1. The van der Waals surface area contributed by atoms with E-state index in [4.69, 9.17) is 13.9 Å². The van der Waals surface area contributed by atoms with Crippen LogP contribution >= 0.6 is 11.8 Å². The highest BCUT2D eigenvalue weighted by Gasteiger charge is 2.41. The molecule has 1 atom stereocenters. The lowest BCUT2D eigenvalue weighted by Crippen LogP contribution is -2.38. The number of furan rings is 1. The number of aliphatic imine (C=N–C) groups is 1. The summed E-state index contributed by atoms with van der Waals surface area (Å²) in [6.07, 6.45) is 1.43. The van der Waals surface area contributed by atoms with Crippen LogP contribution in [0.25, 0.3) is 0 Å². The minimum atomic E-state index is -0.483. The number of carbonyl (C=O) groups excluding carboxylic acids is 2. The van der Waals surface area contributed by atoms with E-state index in [-0.39, 0.29) is 18.4 Å². The molecule has 0 bridgehead atoms. The molecule has 3 heterocycles. The number of ether oxygens (including phenoxy) is 2. The lowest BCUT2D eigenvalue weighted by molar-refractivity contribution is -0.143. The SMILES string of the molecule is COc1ccc(C2C(C(=O)OC(C)C)=C(C)N=C3SC=C(CC(=O)NCc4ccco4)N32)cc1. The van der Waals surface area contributed by atoms with Crippen molar-refractivity contribution < 1.29 is 23.5 Å². The number of carbonyl (C=O) groups is 2. The van der Waals surface area contributed by atoms with Gasteiger partial charge < -0.3 is 24.1 Å². The average Bonchev–Trinajstić information content (AvgIpc) is 3.46. The van der Waals surface area contributed by atoms with E-state index in [1.165, 1.54) is 11.8 Å². The van der Waals surface area contributed by atoms with E-state index in [0.717, 1.165) is 11.3 Å². The summed E-state index contributed by atoms with van der Waals surface area (Å²) in [4.78, 5) is 32.5. The number of nitrogens with one attached hydrogen (secondary N) is 1. The Morgan fingerprint density at radius 2 is 2.00 bits per heavy atom. The van der Waals surface area contributed by atoms with Crippen molar-refractivity contribution in [3.8, 4) is 5.75 Å². The number of esters is 1. The van der Waals surface area contributed by atoms with Crippen LogP contribution in [0.5, 0.6) is 5.75 Å². The highest BCUT2D eigenvalue weighted by Crippen LogP contribution is 2.45. The molecule has 1 amide bonds. The van der Waals surface area contributed by atoms with Gasteiger partial charge in [-0.2, -0.15) is 0 Å². The van der Waals surface area contributed by atoms with Crippen LogP contribution in [-0.2, 0) is 20.9 Å². The van der Waals surface area contributed by atoms with Gasteiger partial charge in [0.25, 0.3) is 0 Å². The number of hydrogen-bond donors (Lipinski definition) is 1. The van der Waals surface area contributed by atoms with Crippen molar-refractivity contribution >= 4 is 28.8 Å². The largest absolute Gasteiger partial charge is 0.497 e. The first kappa shape index (κ1) is 23.7. The van der Waals surface area contributed by atoms with Crippen molar-refractivity contribution in [1.82, 2.24) is 10.2 Å². The summed E-state index contributed by atoms with van der Waals surface area (Å²) in [6, 6.07) is 10.6. The highest BCUT2D eigenvalue weighted by atomic mass is 32.2. The van der Waals surface area contributed by atoms with Crippen molar-refractivity contribution in [3.63, 3.8) is 0 Å². The number of hydrogen-bond acceptors (Lipinski definition) is 8. The van der Waals surface area contributed by atoms with Crippen LogP contribution in [0.2, 0.25) is 0 Å². The van der Waals surface area contributed by atoms with Crippen LogP contribution in [0.4, 0.5) is 0 Å². The molecule has 34 heavy (non-hydrogen) atoms. The molecule has 0 spiro atoms. The molecule has 0 saturated heterocycles. The maximum atomic E-state index is 13.2. The van der Waals surface area contributed by atoms with Gasteiger partial charge in [-0.3, -0.25) is 4.79 Å². The molecule has 2 aliphatic rings. The third-order valence-corrected chi connectivity index (χ3v) is 6.27. The Kier molecular flexibility index (Phi) is 7.12. The Bertz CT molecular complexity index is 1150. The van der Waals surface area contributed by atoms with Crippen LogP contribution in [0.1, 0.15) is 44.6 Å². The van der Waals surface area contributed by atoms with E-state index in [9.17, 15) is 9.59 Å². The Morgan fingerprint density at radius 3 is 2.65 bits per heavy atom. The number of nitrogens with zero attached hydrogens (tertiary/aromatic N) is 2. The van der Waals surface area contributed by atoms with Crippen molar-refractivity contribution in [2.45, 2.75) is 45.9 Å². The van der Waals surface area contributed by atoms with Gasteiger partial charge in [0.05, 0.1) is 49.8 Å². The third kappa shape index (κ3) is 5.04. The van der Waals surface area contributed by atoms with Crippen molar-refractivity contribution in [3.05, 3.63) is 76.4 Å². The zero-order chi connectivity index (χ0) is 24.2. The number of methoxy groups -OCH3 is 1. The fourth-order valence-electron chi connectivity index (χ4n) is 3.84. The summed E-state index contributed by atoms with van der Waals surface area (Å²) < 4.78 is 16.2. The summed E-state index contributed by atoms with van der Waals surface area (Å²) in [5.74, 6) is 0.811. The molecule has 8 nitrogen and oxygen atoms in total. The monoisotopic (exact) mass is 481 g/mol. The summed E-state index contributed by atoms with van der Waals surface area (Å²) in [6.45, 7) is 5.74. The standard InChI is InChI=1S/C25H27N3O5S/c1-15(2)33-24(30)22-16(3)27-25-28(23(22)17-7-9-19(31-4)10-8-17)18(14-34-25)12-21(29)26-13-20-6-5-11-32-20/h5-11,14-15,23H,12-13H2,1-4H3,(H,26,29). The fraction of sp³-hybridized carbons (Fsp3) is 0.320. The van der Waals surface area contributed by atoms with Crippen LogP contribution in [0, 0.1) is 0 Å².